The molecule has 0 saturated carbocycles. The maximum atomic E-state index is 10.8. The molecule has 1 aliphatic rings. The van der Waals surface area contributed by atoms with E-state index in [1.165, 1.54) is 5.56 Å². The molecule has 2 N–H and O–H groups in total. The first-order valence-corrected chi connectivity index (χ1v) is 5.71. The number of oxime groups is 1. The molecule has 0 saturated heterocycles. The van der Waals surface area contributed by atoms with E-state index in [4.69, 9.17) is 10.3 Å². The fraction of sp³-hybridized carbons (Fsp3) is 0.385. The number of aliphatic carboxylic acids is 1. The Bertz CT molecular complexity index is 480. The molecule has 0 aliphatic heterocycles. The number of aryl methyl sites for hydroxylation is 1. The standard InChI is InChI=1S/C13H15NO3/c1-2-8-3-4-10-9(7-13(15)16)6-12(14-17)11(10)5-8/h3-5,9,17H,2,6-7H2,1H3,(H,15,16)/b14-12-. The van der Waals surface area contributed by atoms with Gasteiger partial charge in [0.15, 0.2) is 0 Å². The second-order valence-corrected chi connectivity index (χ2v) is 4.32. The molecule has 1 atom stereocenters. The Morgan fingerprint density at radius 1 is 1.53 bits per heavy atom. The molecule has 0 amide bonds. The molecule has 4 nitrogen and oxygen atoms in total. The largest absolute Gasteiger partial charge is 0.481 e. The second-order valence-electron chi connectivity index (χ2n) is 4.32. The first kappa shape index (κ1) is 11.6. The topological polar surface area (TPSA) is 69.9 Å². The van der Waals surface area contributed by atoms with Crippen molar-refractivity contribution in [1.82, 2.24) is 0 Å². The number of carboxylic acid groups (broad SMARTS) is 1. The third-order valence-corrected chi connectivity index (χ3v) is 3.26. The zero-order valence-electron chi connectivity index (χ0n) is 9.68. The molecule has 1 aromatic carbocycles. The van der Waals surface area contributed by atoms with Crippen LogP contribution in [0.2, 0.25) is 0 Å². The van der Waals surface area contributed by atoms with E-state index in [2.05, 4.69) is 12.1 Å². The zero-order chi connectivity index (χ0) is 12.4. The van der Waals surface area contributed by atoms with Crippen molar-refractivity contribution < 1.29 is 15.1 Å². The SMILES string of the molecule is CCc1ccc2c(c1)/C(=N\O)CC2CC(=O)O. The van der Waals surface area contributed by atoms with Crippen LogP contribution in [0.15, 0.2) is 23.4 Å². The number of rotatable bonds is 3. The van der Waals surface area contributed by atoms with Crippen LogP contribution in [-0.2, 0) is 11.2 Å². The van der Waals surface area contributed by atoms with Gasteiger partial charge in [0.05, 0.1) is 12.1 Å². The van der Waals surface area contributed by atoms with Crippen LogP contribution in [0.1, 0.15) is 42.4 Å². The summed E-state index contributed by atoms with van der Waals surface area (Å²) in [5.41, 5.74) is 3.65. The number of nitrogens with zero attached hydrogens (tertiary/aromatic N) is 1. The molecular weight excluding hydrogens is 218 g/mol. The summed E-state index contributed by atoms with van der Waals surface area (Å²) in [5, 5.41) is 21.1. The third-order valence-electron chi connectivity index (χ3n) is 3.26. The van der Waals surface area contributed by atoms with Crippen molar-refractivity contribution in [1.29, 1.82) is 0 Å². The molecule has 0 aromatic heterocycles. The van der Waals surface area contributed by atoms with E-state index in [0.717, 1.165) is 17.5 Å². The summed E-state index contributed by atoms with van der Waals surface area (Å²) in [5.74, 6) is -0.890. The van der Waals surface area contributed by atoms with Gasteiger partial charge in [0.2, 0.25) is 0 Å². The van der Waals surface area contributed by atoms with Gasteiger partial charge in [0.1, 0.15) is 0 Å². The minimum atomic E-state index is -0.820. The minimum absolute atomic E-state index is 0.0701. The number of fused-ring (bicyclic) bond motifs is 1. The summed E-state index contributed by atoms with van der Waals surface area (Å²) >= 11 is 0. The minimum Gasteiger partial charge on any atom is -0.481 e. The fourth-order valence-electron chi connectivity index (χ4n) is 2.37. The van der Waals surface area contributed by atoms with Gasteiger partial charge in [-0.05, 0) is 23.6 Å². The van der Waals surface area contributed by atoms with Crippen molar-refractivity contribution in [2.24, 2.45) is 5.16 Å². The van der Waals surface area contributed by atoms with Crippen LogP contribution in [0.4, 0.5) is 0 Å². The highest BCUT2D eigenvalue weighted by Crippen LogP contribution is 2.36. The molecule has 1 aromatic rings. The number of carbonyl (C=O) groups is 1. The second kappa shape index (κ2) is 4.57. The van der Waals surface area contributed by atoms with Gasteiger partial charge >= 0.3 is 5.97 Å². The molecule has 90 valence electrons. The van der Waals surface area contributed by atoms with Crippen molar-refractivity contribution in [3.63, 3.8) is 0 Å². The van der Waals surface area contributed by atoms with Crippen LogP contribution < -0.4 is 0 Å². The summed E-state index contributed by atoms with van der Waals surface area (Å²) in [6, 6.07) is 5.96. The monoisotopic (exact) mass is 233 g/mol. The van der Waals surface area contributed by atoms with Crippen LogP contribution in [-0.4, -0.2) is 22.0 Å². The highest BCUT2D eigenvalue weighted by atomic mass is 16.4. The summed E-state index contributed by atoms with van der Waals surface area (Å²) in [6.07, 6.45) is 1.50. The number of benzene rings is 1. The quantitative estimate of drug-likeness (QED) is 0.622. The third kappa shape index (κ3) is 2.16. The molecule has 0 bridgehead atoms. The lowest BCUT2D eigenvalue weighted by atomic mass is 9.96. The van der Waals surface area contributed by atoms with Gasteiger partial charge in [-0.2, -0.15) is 0 Å². The van der Waals surface area contributed by atoms with Gasteiger partial charge in [-0.1, -0.05) is 24.2 Å². The van der Waals surface area contributed by atoms with Crippen molar-refractivity contribution in [3.05, 3.63) is 34.9 Å². The van der Waals surface area contributed by atoms with E-state index in [1.54, 1.807) is 0 Å². The van der Waals surface area contributed by atoms with E-state index in [0.29, 0.717) is 12.1 Å². The summed E-state index contributed by atoms with van der Waals surface area (Å²) in [7, 11) is 0. The number of carboxylic acids is 1. The van der Waals surface area contributed by atoms with Gasteiger partial charge in [0, 0.05) is 17.9 Å². The van der Waals surface area contributed by atoms with E-state index >= 15 is 0 Å². The van der Waals surface area contributed by atoms with E-state index in [1.807, 2.05) is 18.2 Å². The summed E-state index contributed by atoms with van der Waals surface area (Å²) < 4.78 is 0. The van der Waals surface area contributed by atoms with E-state index in [9.17, 15) is 4.79 Å². The highest BCUT2D eigenvalue weighted by Gasteiger charge is 2.29. The Morgan fingerprint density at radius 2 is 2.29 bits per heavy atom. The van der Waals surface area contributed by atoms with Crippen molar-refractivity contribution in [2.75, 3.05) is 0 Å². The zero-order valence-corrected chi connectivity index (χ0v) is 9.68. The van der Waals surface area contributed by atoms with Crippen LogP contribution in [0, 0.1) is 0 Å². The van der Waals surface area contributed by atoms with Crippen LogP contribution in [0.25, 0.3) is 0 Å². The predicted molar refractivity (Wildman–Crippen MR) is 63.8 cm³/mol. The molecular formula is C13H15NO3. The van der Waals surface area contributed by atoms with E-state index < -0.39 is 5.97 Å². The van der Waals surface area contributed by atoms with Gasteiger partial charge < -0.3 is 10.3 Å². The molecule has 2 rings (SSSR count). The van der Waals surface area contributed by atoms with Gasteiger partial charge in [-0.25, -0.2) is 0 Å². The van der Waals surface area contributed by atoms with Gasteiger partial charge in [-0.3, -0.25) is 4.79 Å². The van der Waals surface area contributed by atoms with Crippen LogP contribution in [0.5, 0.6) is 0 Å². The van der Waals surface area contributed by atoms with E-state index in [-0.39, 0.29) is 12.3 Å². The summed E-state index contributed by atoms with van der Waals surface area (Å²) in [6.45, 7) is 2.06. The molecule has 0 spiro atoms. The maximum Gasteiger partial charge on any atom is 0.303 e. The predicted octanol–water partition coefficient (Wildman–Crippen LogP) is 2.39. The molecule has 0 fully saturated rings. The lowest BCUT2D eigenvalue weighted by Gasteiger charge is -2.08. The van der Waals surface area contributed by atoms with Gasteiger partial charge in [0.25, 0.3) is 0 Å². The lowest BCUT2D eigenvalue weighted by Crippen LogP contribution is -2.03. The Labute approximate surface area is 99.6 Å². The number of hydrogen-bond acceptors (Lipinski definition) is 3. The Hall–Kier alpha value is -1.84. The highest BCUT2D eigenvalue weighted by molar-refractivity contribution is 6.05. The van der Waals surface area contributed by atoms with Gasteiger partial charge in [-0.15, -0.1) is 0 Å². The van der Waals surface area contributed by atoms with Crippen molar-refractivity contribution >= 4 is 11.7 Å². The normalized spacial score (nSPS) is 20.5. The van der Waals surface area contributed by atoms with Crippen LogP contribution >= 0.6 is 0 Å². The molecule has 1 aliphatic carbocycles. The summed E-state index contributed by atoms with van der Waals surface area (Å²) in [4.78, 5) is 10.8. The molecule has 4 heteroatoms. The maximum absolute atomic E-state index is 10.8. The molecule has 0 radical (unpaired) electrons. The lowest BCUT2D eigenvalue weighted by molar-refractivity contribution is -0.137. The molecule has 1 unspecified atom stereocenters. The smallest absolute Gasteiger partial charge is 0.303 e. The average molecular weight is 233 g/mol. The fourth-order valence-corrected chi connectivity index (χ4v) is 2.37. The first-order chi connectivity index (χ1) is 8.15. The average Bonchev–Trinajstić information content (AvgIpc) is 2.66. The van der Waals surface area contributed by atoms with Crippen molar-refractivity contribution in [2.45, 2.75) is 32.1 Å². The van der Waals surface area contributed by atoms with Crippen LogP contribution in [0.3, 0.4) is 0 Å². The molecule has 0 heterocycles. The first-order valence-electron chi connectivity index (χ1n) is 5.71. The Balaban J connectivity index is 2.41. The van der Waals surface area contributed by atoms with Crippen molar-refractivity contribution in [3.8, 4) is 0 Å². The Morgan fingerprint density at radius 3 is 2.88 bits per heavy atom. The molecule has 17 heavy (non-hydrogen) atoms. The Kier molecular flexibility index (Phi) is 3.13. The number of hydrogen-bond donors (Lipinski definition) is 2.